The number of nitrogens with zero attached hydrogens (tertiary/aromatic N) is 2. The van der Waals surface area contributed by atoms with Crippen molar-refractivity contribution in [1.29, 1.82) is 0 Å². The molecule has 3 heteroatoms. The van der Waals surface area contributed by atoms with Crippen molar-refractivity contribution < 1.29 is 0 Å². The van der Waals surface area contributed by atoms with Gasteiger partial charge in [-0.05, 0) is 18.1 Å². The van der Waals surface area contributed by atoms with Gasteiger partial charge in [-0.1, -0.05) is 11.6 Å². The minimum absolute atomic E-state index is 0.563. The van der Waals surface area contributed by atoms with E-state index in [0.29, 0.717) is 12.5 Å². The van der Waals surface area contributed by atoms with E-state index in [1.165, 1.54) is 16.5 Å². The number of aromatic nitrogens is 2. The molecule has 0 saturated heterocycles. The molecule has 0 aliphatic heterocycles. The van der Waals surface area contributed by atoms with Gasteiger partial charge in [-0.25, -0.2) is 4.98 Å². The summed E-state index contributed by atoms with van der Waals surface area (Å²) in [6.07, 6.45) is 7.41. The lowest BCUT2D eigenvalue weighted by Crippen LogP contribution is -2.33. The second-order valence-electron chi connectivity index (χ2n) is 4.01. The van der Waals surface area contributed by atoms with Gasteiger partial charge in [0.25, 0.3) is 0 Å². The van der Waals surface area contributed by atoms with Crippen molar-refractivity contribution in [3.63, 3.8) is 0 Å². The van der Waals surface area contributed by atoms with E-state index in [1.807, 2.05) is 13.4 Å². The van der Waals surface area contributed by atoms with Gasteiger partial charge in [0.2, 0.25) is 0 Å². The zero-order chi connectivity index (χ0) is 9.71. The summed E-state index contributed by atoms with van der Waals surface area (Å²) in [6.45, 7) is 0.629. The third kappa shape index (κ3) is 0.990. The van der Waals surface area contributed by atoms with Gasteiger partial charge in [0, 0.05) is 19.5 Å². The molecule has 1 atom stereocenters. The maximum atomic E-state index is 5.78. The smallest absolute Gasteiger partial charge is 0.0955 e. The number of hydrogen-bond acceptors (Lipinski definition) is 2. The lowest BCUT2D eigenvalue weighted by atomic mass is 10.1. The van der Waals surface area contributed by atoms with Crippen LogP contribution in [-0.4, -0.2) is 16.1 Å². The number of aryl methyl sites for hydroxylation is 1. The van der Waals surface area contributed by atoms with Crippen molar-refractivity contribution in [2.45, 2.75) is 6.42 Å². The van der Waals surface area contributed by atoms with Crippen LogP contribution in [0.5, 0.6) is 0 Å². The molecule has 72 valence electrons. The molecular formula is C11H13N3. The Balaban J connectivity index is 2.37. The Kier molecular flexibility index (Phi) is 1.47. The Morgan fingerprint density at radius 1 is 1.57 bits per heavy atom. The van der Waals surface area contributed by atoms with Crippen LogP contribution in [0.1, 0.15) is 6.42 Å². The van der Waals surface area contributed by atoms with Crippen molar-refractivity contribution in [2.24, 2.45) is 18.7 Å². The second-order valence-corrected chi connectivity index (χ2v) is 4.01. The predicted octanol–water partition coefficient (Wildman–Crippen LogP) is -0.730. The van der Waals surface area contributed by atoms with E-state index in [2.05, 4.69) is 21.7 Å². The summed E-state index contributed by atoms with van der Waals surface area (Å²) in [5, 5.41) is 2.32. The zero-order valence-corrected chi connectivity index (χ0v) is 8.20. The van der Waals surface area contributed by atoms with Crippen molar-refractivity contribution in [3.8, 4) is 0 Å². The molecule has 3 rings (SSSR count). The quantitative estimate of drug-likeness (QED) is 0.589. The maximum Gasteiger partial charge on any atom is 0.0955 e. The number of allylic oxidation sites excluding steroid dienone is 2. The SMILES string of the molecule is Cn1cnc2c1=C(CN)CC1=CC1C=2. The van der Waals surface area contributed by atoms with Gasteiger partial charge in [0.05, 0.1) is 17.0 Å². The summed E-state index contributed by atoms with van der Waals surface area (Å²) in [6, 6.07) is 0. The highest BCUT2D eigenvalue weighted by Gasteiger charge is 2.25. The Labute approximate surface area is 82.2 Å². The largest absolute Gasteiger partial charge is 0.334 e. The topological polar surface area (TPSA) is 43.8 Å². The fourth-order valence-electron chi connectivity index (χ4n) is 2.18. The fraction of sp³-hybridized carbons (Fsp3) is 0.364. The van der Waals surface area contributed by atoms with E-state index < -0.39 is 0 Å². The minimum Gasteiger partial charge on any atom is -0.334 e. The van der Waals surface area contributed by atoms with E-state index in [0.717, 1.165) is 11.8 Å². The molecule has 1 heterocycles. The average molecular weight is 187 g/mol. The fourth-order valence-corrected chi connectivity index (χ4v) is 2.18. The molecule has 0 spiro atoms. The predicted molar refractivity (Wildman–Crippen MR) is 55.6 cm³/mol. The highest BCUT2D eigenvalue weighted by Crippen LogP contribution is 2.35. The van der Waals surface area contributed by atoms with Gasteiger partial charge >= 0.3 is 0 Å². The van der Waals surface area contributed by atoms with Crippen LogP contribution < -0.4 is 16.4 Å². The Morgan fingerprint density at radius 2 is 2.43 bits per heavy atom. The number of nitrogens with two attached hydrogens (primary N) is 1. The van der Waals surface area contributed by atoms with Crippen molar-refractivity contribution in [1.82, 2.24) is 9.55 Å². The summed E-state index contributed by atoms with van der Waals surface area (Å²) >= 11 is 0. The molecule has 1 unspecified atom stereocenters. The van der Waals surface area contributed by atoms with Gasteiger partial charge in [-0.2, -0.15) is 0 Å². The lowest BCUT2D eigenvalue weighted by molar-refractivity contribution is 0.868. The highest BCUT2D eigenvalue weighted by molar-refractivity contribution is 5.61. The first-order chi connectivity index (χ1) is 6.79. The Hall–Kier alpha value is -1.35. The number of imidazole rings is 1. The van der Waals surface area contributed by atoms with E-state index in [1.54, 1.807) is 0 Å². The third-order valence-corrected chi connectivity index (χ3v) is 3.01. The van der Waals surface area contributed by atoms with E-state index in [-0.39, 0.29) is 0 Å². The first-order valence-corrected chi connectivity index (χ1v) is 4.91. The van der Waals surface area contributed by atoms with E-state index >= 15 is 0 Å². The monoisotopic (exact) mass is 187 g/mol. The van der Waals surface area contributed by atoms with Crippen LogP contribution in [0.3, 0.4) is 0 Å². The first-order valence-electron chi connectivity index (χ1n) is 4.91. The first kappa shape index (κ1) is 8.00. The molecule has 0 aromatic carbocycles. The van der Waals surface area contributed by atoms with Crippen LogP contribution in [0.4, 0.5) is 0 Å². The zero-order valence-electron chi connectivity index (χ0n) is 8.20. The number of fused-ring (bicyclic) bond motifs is 2. The summed E-state index contributed by atoms with van der Waals surface area (Å²) in [4.78, 5) is 4.39. The standard InChI is InChI=1S/C11H13N3/c1-14-6-13-10-4-8-2-7(8)3-9(5-12)11(10)14/h2,4,6,8H,3,5,12H2,1H3. The Morgan fingerprint density at radius 3 is 3.21 bits per heavy atom. The highest BCUT2D eigenvalue weighted by atomic mass is 15.0. The molecule has 2 aliphatic rings. The summed E-state index contributed by atoms with van der Waals surface area (Å²) in [7, 11) is 2.03. The number of rotatable bonds is 1. The van der Waals surface area contributed by atoms with Crippen molar-refractivity contribution >= 4 is 11.6 Å². The van der Waals surface area contributed by atoms with Gasteiger partial charge in [0.1, 0.15) is 0 Å². The van der Waals surface area contributed by atoms with Gasteiger partial charge in [0.15, 0.2) is 0 Å². The maximum absolute atomic E-state index is 5.78. The van der Waals surface area contributed by atoms with Crippen LogP contribution in [0.25, 0.3) is 11.6 Å². The molecule has 0 saturated carbocycles. The molecule has 0 fully saturated rings. The third-order valence-electron chi connectivity index (χ3n) is 3.01. The van der Waals surface area contributed by atoms with Crippen LogP contribution in [0, 0.1) is 5.92 Å². The van der Waals surface area contributed by atoms with Crippen LogP contribution in [-0.2, 0) is 7.05 Å². The van der Waals surface area contributed by atoms with Gasteiger partial charge in [-0.3, -0.25) is 0 Å². The molecule has 3 nitrogen and oxygen atoms in total. The normalized spacial score (nSPS) is 23.1. The molecule has 14 heavy (non-hydrogen) atoms. The van der Waals surface area contributed by atoms with Crippen molar-refractivity contribution in [3.05, 3.63) is 28.7 Å². The lowest BCUT2D eigenvalue weighted by Gasteiger charge is -2.01. The summed E-state index contributed by atoms with van der Waals surface area (Å²) in [5.74, 6) is 0.563. The van der Waals surface area contributed by atoms with Crippen LogP contribution in [0.15, 0.2) is 18.0 Å². The molecule has 0 bridgehead atoms. The molecule has 0 amide bonds. The summed E-state index contributed by atoms with van der Waals surface area (Å²) < 4.78 is 2.07. The number of hydrogen-bond donors (Lipinski definition) is 1. The molecule has 1 aromatic rings. The molecule has 2 aliphatic carbocycles. The second kappa shape index (κ2) is 2.58. The van der Waals surface area contributed by atoms with Gasteiger partial charge < -0.3 is 10.3 Å². The van der Waals surface area contributed by atoms with Crippen molar-refractivity contribution in [2.75, 3.05) is 6.54 Å². The van der Waals surface area contributed by atoms with Crippen LogP contribution in [0.2, 0.25) is 0 Å². The average Bonchev–Trinajstić information content (AvgIpc) is 2.82. The molecule has 1 aromatic heterocycles. The van der Waals surface area contributed by atoms with Crippen LogP contribution >= 0.6 is 0 Å². The molecular weight excluding hydrogens is 174 g/mol. The molecule has 2 N–H and O–H groups in total. The Bertz CT molecular complexity index is 533. The molecule has 0 radical (unpaired) electrons. The van der Waals surface area contributed by atoms with E-state index in [9.17, 15) is 0 Å². The van der Waals surface area contributed by atoms with E-state index in [4.69, 9.17) is 5.73 Å². The minimum atomic E-state index is 0.563. The summed E-state index contributed by atoms with van der Waals surface area (Å²) in [5.41, 5.74) is 8.59. The van der Waals surface area contributed by atoms with Gasteiger partial charge in [-0.15, -0.1) is 0 Å².